The van der Waals surface area contributed by atoms with Gasteiger partial charge in [-0.15, -0.1) is 0 Å². The van der Waals surface area contributed by atoms with Crippen molar-refractivity contribution in [2.75, 3.05) is 0 Å². The zero-order valence-corrected chi connectivity index (χ0v) is 19.9. The topological polar surface area (TPSA) is 68.8 Å². The molecule has 0 aliphatic rings. The first-order chi connectivity index (χ1) is 13.2. The average Bonchev–Trinajstić information content (AvgIpc) is 3.07. The van der Waals surface area contributed by atoms with Gasteiger partial charge < -0.3 is 14.9 Å². The number of aromatic nitrogens is 2. The van der Waals surface area contributed by atoms with Gasteiger partial charge in [0.25, 0.3) is 0 Å². The van der Waals surface area contributed by atoms with Crippen molar-refractivity contribution in [3.05, 3.63) is 29.6 Å². The van der Waals surface area contributed by atoms with Crippen LogP contribution in [0.15, 0.2) is 18.2 Å². The summed E-state index contributed by atoms with van der Waals surface area (Å²) in [6, 6.07) is 4.89. The third-order valence-electron chi connectivity index (χ3n) is 5.28. The average molecular weight is 395 g/mol. The smallest absolute Gasteiger partial charge is 0.545 e. The molecule has 0 unspecified atom stereocenters. The van der Waals surface area contributed by atoms with Crippen molar-refractivity contribution in [2.24, 2.45) is 0 Å². The molecule has 0 saturated heterocycles. The van der Waals surface area contributed by atoms with Crippen LogP contribution in [0.5, 0.6) is 0 Å². The maximum atomic E-state index is 10.9. The zero-order chi connectivity index (χ0) is 19.3. The summed E-state index contributed by atoms with van der Waals surface area (Å²) in [6.45, 7) is 2.27. The third kappa shape index (κ3) is 9.58. The van der Waals surface area contributed by atoms with Gasteiger partial charge in [0.15, 0.2) is 0 Å². The number of fused-ring (bicyclic) bond motifs is 1. The molecular weight excluding hydrogens is 359 g/mol. The molecule has 1 N–H and O–H groups in total. The molecule has 0 saturated carbocycles. The molecule has 1 aromatic carbocycles. The van der Waals surface area contributed by atoms with E-state index in [1.165, 1.54) is 77.0 Å². The maximum absolute atomic E-state index is 10.9. The summed E-state index contributed by atoms with van der Waals surface area (Å²) < 4.78 is 0. The number of carbonyl (C=O) groups is 1. The Morgan fingerprint density at radius 2 is 1.43 bits per heavy atom. The Balaban J connectivity index is 0.00000392. The van der Waals surface area contributed by atoms with E-state index >= 15 is 0 Å². The number of carboxylic acids is 1. The van der Waals surface area contributed by atoms with Gasteiger partial charge >= 0.3 is 29.6 Å². The fourth-order valence-corrected chi connectivity index (χ4v) is 3.62. The predicted molar refractivity (Wildman–Crippen MR) is 110 cm³/mol. The Hall–Kier alpha value is -0.840. The number of H-pyrrole nitrogens is 1. The summed E-state index contributed by atoms with van der Waals surface area (Å²) in [5.41, 5.74) is 1.80. The van der Waals surface area contributed by atoms with Crippen LogP contribution < -0.4 is 34.7 Å². The second kappa shape index (κ2) is 15.1. The van der Waals surface area contributed by atoms with Gasteiger partial charge in [-0.2, -0.15) is 0 Å². The standard InChI is InChI=1S/C23H36N2O2.Na/c1-2-3-4-5-6-7-8-9-10-11-12-13-14-15-22-24-20-17-16-19(23(26)27)18-21(20)25-22;/h16-18H,2-15H2,1H3,(H,24,25)(H,26,27);/q;+1/p-1. The first kappa shape index (κ1) is 25.2. The van der Waals surface area contributed by atoms with Gasteiger partial charge in [0, 0.05) is 6.42 Å². The summed E-state index contributed by atoms with van der Waals surface area (Å²) in [5.74, 6) is -0.201. The molecule has 0 aliphatic carbocycles. The number of rotatable bonds is 15. The molecule has 0 atom stereocenters. The van der Waals surface area contributed by atoms with Crippen LogP contribution in [0.4, 0.5) is 0 Å². The predicted octanol–water partition coefficient (Wildman–Crippen LogP) is 2.56. The fraction of sp³-hybridized carbons (Fsp3) is 0.652. The Kier molecular flexibility index (Phi) is 13.6. The van der Waals surface area contributed by atoms with E-state index < -0.39 is 5.97 Å². The number of carboxylic acid groups (broad SMARTS) is 1. The molecule has 0 radical (unpaired) electrons. The van der Waals surface area contributed by atoms with Gasteiger partial charge in [-0.3, -0.25) is 0 Å². The van der Waals surface area contributed by atoms with E-state index in [9.17, 15) is 9.90 Å². The number of hydrogen-bond acceptors (Lipinski definition) is 3. The van der Waals surface area contributed by atoms with E-state index in [4.69, 9.17) is 0 Å². The molecule has 150 valence electrons. The minimum atomic E-state index is -1.15. The molecule has 1 heterocycles. The number of nitrogens with zero attached hydrogens (tertiary/aromatic N) is 1. The number of unbranched alkanes of at least 4 members (excludes halogenated alkanes) is 12. The monoisotopic (exact) mass is 394 g/mol. The Morgan fingerprint density at radius 3 is 1.96 bits per heavy atom. The van der Waals surface area contributed by atoms with Crippen molar-refractivity contribution in [1.82, 2.24) is 9.97 Å². The number of carbonyl (C=O) groups excluding carboxylic acids is 1. The van der Waals surface area contributed by atoms with E-state index in [0.717, 1.165) is 29.7 Å². The van der Waals surface area contributed by atoms with Crippen LogP contribution in [0.3, 0.4) is 0 Å². The molecular formula is C23H35N2NaO2. The second-order valence-electron chi connectivity index (χ2n) is 7.70. The molecule has 1 aromatic heterocycles. The van der Waals surface area contributed by atoms with Crippen LogP contribution in [0.2, 0.25) is 0 Å². The van der Waals surface area contributed by atoms with Crippen LogP contribution in [-0.4, -0.2) is 15.9 Å². The minimum Gasteiger partial charge on any atom is -0.545 e. The van der Waals surface area contributed by atoms with Crippen molar-refractivity contribution >= 4 is 17.0 Å². The summed E-state index contributed by atoms with van der Waals surface area (Å²) in [6.07, 6.45) is 18.5. The van der Waals surface area contributed by atoms with Crippen molar-refractivity contribution < 1.29 is 39.5 Å². The quantitative estimate of drug-likeness (QED) is 0.373. The number of nitrogens with one attached hydrogen (secondary N) is 1. The molecule has 0 spiro atoms. The van der Waals surface area contributed by atoms with Crippen molar-refractivity contribution in [3.63, 3.8) is 0 Å². The van der Waals surface area contributed by atoms with Crippen LogP contribution in [0.25, 0.3) is 11.0 Å². The van der Waals surface area contributed by atoms with E-state index in [2.05, 4.69) is 16.9 Å². The molecule has 0 bridgehead atoms. The normalized spacial score (nSPS) is 10.9. The summed E-state index contributed by atoms with van der Waals surface area (Å²) in [7, 11) is 0. The van der Waals surface area contributed by atoms with Crippen LogP contribution in [-0.2, 0) is 6.42 Å². The molecule has 5 heteroatoms. The molecule has 2 rings (SSSR count). The first-order valence-electron chi connectivity index (χ1n) is 10.9. The molecule has 0 aliphatic heterocycles. The molecule has 4 nitrogen and oxygen atoms in total. The van der Waals surface area contributed by atoms with Crippen molar-refractivity contribution in [1.29, 1.82) is 0 Å². The van der Waals surface area contributed by atoms with E-state index in [1.807, 2.05) is 0 Å². The molecule has 0 fully saturated rings. The van der Waals surface area contributed by atoms with Crippen molar-refractivity contribution in [3.8, 4) is 0 Å². The number of hydrogen-bond donors (Lipinski definition) is 1. The van der Waals surface area contributed by atoms with Gasteiger partial charge in [0.1, 0.15) is 5.82 Å². The molecule has 28 heavy (non-hydrogen) atoms. The van der Waals surface area contributed by atoms with Gasteiger partial charge in [0.05, 0.1) is 17.0 Å². The largest absolute Gasteiger partial charge is 1.00 e. The van der Waals surface area contributed by atoms with Crippen LogP contribution >= 0.6 is 0 Å². The minimum absolute atomic E-state index is 0. The maximum Gasteiger partial charge on any atom is 1.00 e. The van der Waals surface area contributed by atoms with E-state index in [-0.39, 0.29) is 35.1 Å². The SMILES string of the molecule is CCCCCCCCCCCCCCCc1nc2ccc(C(=O)[O-])cc2[nH]1.[Na+]. The van der Waals surface area contributed by atoms with Crippen LogP contribution in [0.1, 0.15) is 107 Å². The van der Waals surface area contributed by atoms with E-state index in [1.54, 1.807) is 18.2 Å². The Bertz CT molecular complexity index is 684. The van der Waals surface area contributed by atoms with Crippen LogP contribution in [0, 0.1) is 0 Å². The number of aromatic amines is 1. The second-order valence-corrected chi connectivity index (χ2v) is 7.70. The van der Waals surface area contributed by atoms with Crippen molar-refractivity contribution in [2.45, 2.75) is 96.8 Å². The number of aryl methyl sites for hydroxylation is 1. The Morgan fingerprint density at radius 1 is 0.893 bits per heavy atom. The summed E-state index contributed by atoms with van der Waals surface area (Å²) in [4.78, 5) is 18.7. The fourth-order valence-electron chi connectivity index (χ4n) is 3.62. The van der Waals surface area contributed by atoms with Gasteiger partial charge in [-0.25, -0.2) is 4.98 Å². The van der Waals surface area contributed by atoms with Gasteiger partial charge in [-0.05, 0) is 24.1 Å². The Labute approximate surface area is 192 Å². The number of imidazole rings is 1. The molecule has 2 aromatic rings. The summed E-state index contributed by atoms with van der Waals surface area (Å²) in [5, 5.41) is 10.9. The summed E-state index contributed by atoms with van der Waals surface area (Å²) >= 11 is 0. The van der Waals surface area contributed by atoms with E-state index in [0.29, 0.717) is 0 Å². The number of aromatic carboxylic acids is 1. The van der Waals surface area contributed by atoms with Gasteiger partial charge in [-0.1, -0.05) is 90.0 Å². The zero-order valence-electron chi connectivity index (χ0n) is 17.9. The molecule has 0 amide bonds. The number of benzene rings is 1. The van der Waals surface area contributed by atoms with Gasteiger partial charge in [0.2, 0.25) is 0 Å². The first-order valence-corrected chi connectivity index (χ1v) is 10.9. The third-order valence-corrected chi connectivity index (χ3v) is 5.28.